The molecule has 1 aromatic heterocycles. The van der Waals surface area contributed by atoms with Gasteiger partial charge in [-0.25, -0.2) is 0 Å². The molecule has 0 aliphatic carbocycles. The topological polar surface area (TPSA) is 47.0 Å². The fourth-order valence-electron chi connectivity index (χ4n) is 1.31. The molecule has 0 radical (unpaired) electrons. The molecule has 1 aromatic carbocycles. The maximum atomic E-state index is 6.08. The fraction of sp³-hybridized carbons (Fsp3) is 0.273. The van der Waals surface area contributed by atoms with Crippen LogP contribution in [0.3, 0.4) is 0 Å². The van der Waals surface area contributed by atoms with Gasteiger partial charge < -0.3 is 10.1 Å². The summed E-state index contributed by atoms with van der Waals surface area (Å²) in [6.07, 6.45) is 0. The Bertz CT molecular complexity index is 489. The zero-order valence-corrected chi connectivity index (χ0v) is 10.9. The van der Waals surface area contributed by atoms with Gasteiger partial charge >= 0.3 is 0 Å². The van der Waals surface area contributed by atoms with Crippen LogP contribution >= 0.6 is 23.1 Å². The SMILES string of the molecule is COCCNc1nc(-c2ccccc2Cl)ns1. The molecule has 0 spiro atoms. The monoisotopic (exact) mass is 269 g/mol. The first-order valence-electron chi connectivity index (χ1n) is 5.12. The average molecular weight is 270 g/mol. The van der Waals surface area contributed by atoms with Crippen LogP contribution in [0.5, 0.6) is 0 Å². The summed E-state index contributed by atoms with van der Waals surface area (Å²) in [6, 6.07) is 7.54. The molecule has 17 heavy (non-hydrogen) atoms. The number of nitrogens with zero attached hydrogens (tertiary/aromatic N) is 2. The molecule has 90 valence electrons. The number of halogens is 1. The Balaban J connectivity index is 2.10. The molecule has 0 aliphatic heterocycles. The second kappa shape index (κ2) is 5.95. The van der Waals surface area contributed by atoms with Gasteiger partial charge in [0, 0.05) is 30.8 Å². The second-order valence-corrected chi connectivity index (χ2v) is 4.48. The Hall–Kier alpha value is -1.17. The van der Waals surface area contributed by atoms with Gasteiger partial charge in [-0.1, -0.05) is 23.7 Å². The summed E-state index contributed by atoms with van der Waals surface area (Å²) in [4.78, 5) is 4.37. The van der Waals surface area contributed by atoms with E-state index in [0.717, 1.165) is 10.7 Å². The number of hydrogen-bond donors (Lipinski definition) is 1. The largest absolute Gasteiger partial charge is 0.383 e. The van der Waals surface area contributed by atoms with E-state index >= 15 is 0 Å². The standard InChI is InChI=1S/C11H12ClN3OS/c1-16-7-6-13-11-14-10(15-17-11)8-4-2-3-5-9(8)12/h2-5H,6-7H2,1H3,(H,13,14,15). The summed E-state index contributed by atoms with van der Waals surface area (Å²) in [5, 5.41) is 4.57. The minimum absolute atomic E-state index is 0.640. The number of aromatic nitrogens is 2. The van der Waals surface area contributed by atoms with Crippen molar-refractivity contribution in [2.75, 3.05) is 25.6 Å². The van der Waals surface area contributed by atoms with E-state index in [1.807, 2.05) is 24.3 Å². The number of nitrogens with one attached hydrogen (secondary N) is 1. The van der Waals surface area contributed by atoms with E-state index in [1.54, 1.807) is 7.11 Å². The normalized spacial score (nSPS) is 10.5. The molecule has 1 N–H and O–H groups in total. The van der Waals surface area contributed by atoms with Crippen LogP contribution in [0, 0.1) is 0 Å². The molecule has 0 saturated carbocycles. The minimum atomic E-state index is 0.640. The van der Waals surface area contributed by atoms with Crippen molar-refractivity contribution >= 4 is 28.3 Å². The van der Waals surface area contributed by atoms with Gasteiger partial charge in [-0.3, -0.25) is 0 Å². The third kappa shape index (κ3) is 3.15. The lowest BCUT2D eigenvalue weighted by atomic mass is 10.2. The molecule has 2 rings (SSSR count). The second-order valence-electron chi connectivity index (χ2n) is 3.32. The predicted octanol–water partition coefficient (Wildman–Crippen LogP) is 2.92. The molecular formula is C11H12ClN3OS. The molecule has 6 heteroatoms. The molecule has 2 aromatic rings. The number of hydrogen-bond acceptors (Lipinski definition) is 5. The van der Waals surface area contributed by atoms with Crippen LogP contribution in [0.4, 0.5) is 5.13 Å². The highest BCUT2D eigenvalue weighted by Crippen LogP contribution is 2.27. The van der Waals surface area contributed by atoms with Crippen LogP contribution in [-0.4, -0.2) is 29.6 Å². The molecule has 0 saturated heterocycles. The molecule has 4 nitrogen and oxygen atoms in total. The summed E-state index contributed by atoms with van der Waals surface area (Å²) in [5.74, 6) is 0.653. The van der Waals surface area contributed by atoms with Crippen molar-refractivity contribution in [3.05, 3.63) is 29.3 Å². The smallest absolute Gasteiger partial charge is 0.202 e. The molecule has 0 unspecified atom stereocenters. The molecule has 0 bridgehead atoms. The fourth-order valence-corrected chi connectivity index (χ4v) is 2.13. The van der Waals surface area contributed by atoms with Crippen LogP contribution in [0.25, 0.3) is 11.4 Å². The molecule has 0 atom stereocenters. The summed E-state index contributed by atoms with van der Waals surface area (Å²) >= 11 is 7.40. The average Bonchev–Trinajstić information content (AvgIpc) is 2.79. The highest BCUT2D eigenvalue weighted by Gasteiger charge is 2.08. The third-order valence-corrected chi connectivity index (χ3v) is 3.13. The summed E-state index contributed by atoms with van der Waals surface area (Å²) in [7, 11) is 1.66. The van der Waals surface area contributed by atoms with E-state index in [-0.39, 0.29) is 0 Å². The zero-order chi connectivity index (χ0) is 12.1. The Kier molecular flexibility index (Phi) is 4.30. The van der Waals surface area contributed by atoms with E-state index < -0.39 is 0 Å². The lowest BCUT2D eigenvalue weighted by Gasteiger charge is -1.99. The highest BCUT2D eigenvalue weighted by molar-refractivity contribution is 7.09. The van der Waals surface area contributed by atoms with Crippen LogP contribution in [-0.2, 0) is 4.74 Å². The number of rotatable bonds is 5. The number of benzene rings is 1. The minimum Gasteiger partial charge on any atom is -0.383 e. The van der Waals surface area contributed by atoms with Crippen LogP contribution < -0.4 is 5.32 Å². The maximum Gasteiger partial charge on any atom is 0.202 e. The van der Waals surface area contributed by atoms with Crippen LogP contribution in [0.15, 0.2) is 24.3 Å². The van der Waals surface area contributed by atoms with Crippen molar-refractivity contribution in [2.45, 2.75) is 0 Å². The van der Waals surface area contributed by atoms with Crippen LogP contribution in [0.1, 0.15) is 0 Å². The quantitative estimate of drug-likeness (QED) is 0.848. The van der Waals surface area contributed by atoms with Gasteiger partial charge in [0.2, 0.25) is 5.13 Å². The van der Waals surface area contributed by atoms with Gasteiger partial charge in [-0.15, -0.1) is 0 Å². The van der Waals surface area contributed by atoms with Crippen molar-refractivity contribution < 1.29 is 4.74 Å². The molecule has 0 aliphatic rings. The first-order chi connectivity index (χ1) is 8.31. The van der Waals surface area contributed by atoms with E-state index in [1.165, 1.54) is 11.5 Å². The van der Waals surface area contributed by atoms with Gasteiger partial charge in [0.15, 0.2) is 5.82 Å². The number of anilines is 1. The Morgan fingerprint density at radius 3 is 3.00 bits per heavy atom. The van der Waals surface area contributed by atoms with Gasteiger partial charge in [-0.05, 0) is 12.1 Å². The first-order valence-corrected chi connectivity index (χ1v) is 6.28. The van der Waals surface area contributed by atoms with Crippen molar-refractivity contribution in [2.24, 2.45) is 0 Å². The van der Waals surface area contributed by atoms with Crippen LogP contribution in [0.2, 0.25) is 5.02 Å². The molecule has 1 heterocycles. The van der Waals surface area contributed by atoms with Gasteiger partial charge in [-0.2, -0.15) is 9.36 Å². The molecule has 0 amide bonds. The molecular weight excluding hydrogens is 258 g/mol. The maximum absolute atomic E-state index is 6.08. The summed E-state index contributed by atoms with van der Waals surface area (Å²) in [5.41, 5.74) is 0.852. The van der Waals surface area contributed by atoms with E-state index in [0.29, 0.717) is 24.0 Å². The number of methoxy groups -OCH3 is 1. The van der Waals surface area contributed by atoms with E-state index in [2.05, 4.69) is 14.7 Å². The van der Waals surface area contributed by atoms with Crippen molar-refractivity contribution in [3.8, 4) is 11.4 Å². The first kappa shape index (κ1) is 12.3. The predicted molar refractivity (Wildman–Crippen MR) is 70.7 cm³/mol. The highest BCUT2D eigenvalue weighted by atomic mass is 35.5. The molecule has 0 fully saturated rings. The van der Waals surface area contributed by atoms with Gasteiger partial charge in [0.05, 0.1) is 11.6 Å². The summed E-state index contributed by atoms with van der Waals surface area (Å²) in [6.45, 7) is 1.36. The van der Waals surface area contributed by atoms with E-state index in [9.17, 15) is 0 Å². The van der Waals surface area contributed by atoms with Crippen molar-refractivity contribution in [1.82, 2.24) is 9.36 Å². The number of ether oxygens (including phenoxy) is 1. The zero-order valence-electron chi connectivity index (χ0n) is 9.31. The van der Waals surface area contributed by atoms with Gasteiger partial charge in [0.25, 0.3) is 0 Å². The van der Waals surface area contributed by atoms with E-state index in [4.69, 9.17) is 16.3 Å². The van der Waals surface area contributed by atoms with Crippen molar-refractivity contribution in [1.29, 1.82) is 0 Å². The van der Waals surface area contributed by atoms with Crippen molar-refractivity contribution in [3.63, 3.8) is 0 Å². The lowest BCUT2D eigenvalue weighted by Crippen LogP contribution is -2.06. The summed E-state index contributed by atoms with van der Waals surface area (Å²) < 4.78 is 9.22. The third-order valence-electron chi connectivity index (χ3n) is 2.12. The van der Waals surface area contributed by atoms with Gasteiger partial charge in [0.1, 0.15) is 0 Å². The Morgan fingerprint density at radius 2 is 2.24 bits per heavy atom. The Morgan fingerprint density at radius 1 is 1.41 bits per heavy atom. The lowest BCUT2D eigenvalue weighted by molar-refractivity contribution is 0.211. The Labute approximate surface area is 109 Å².